The lowest BCUT2D eigenvalue weighted by molar-refractivity contribution is 0.192. The summed E-state index contributed by atoms with van der Waals surface area (Å²) in [4.78, 5) is 2.03. The summed E-state index contributed by atoms with van der Waals surface area (Å²) < 4.78 is 41.5. The summed E-state index contributed by atoms with van der Waals surface area (Å²) in [5, 5.41) is 6.98. The minimum Gasteiger partial charge on any atom is -0.314 e. The fourth-order valence-corrected chi connectivity index (χ4v) is 3.42. The van der Waals surface area contributed by atoms with Crippen molar-refractivity contribution in [2.45, 2.75) is 6.04 Å². The topological polar surface area (TPSA) is 15.3 Å². The van der Waals surface area contributed by atoms with Gasteiger partial charge in [0.1, 0.15) is 17.5 Å². The van der Waals surface area contributed by atoms with Gasteiger partial charge in [-0.2, -0.15) is 11.3 Å². The standard InChI is InChI=1S/C15H15F3N2S/c16-11-7-12(17)14(13(18)8-11)15(10-1-6-21-9-10)20-4-2-19-3-5-20/h1,6-9,15,19H,2-5H2/t15-/m1/s1. The molecule has 1 aromatic carbocycles. The normalized spacial score (nSPS) is 17.9. The third kappa shape index (κ3) is 2.97. The SMILES string of the molecule is Fc1cc(F)c([C@@H](c2ccsc2)N2CCNCC2)c(F)c1. The molecule has 0 bridgehead atoms. The number of rotatable bonds is 3. The van der Waals surface area contributed by atoms with Gasteiger partial charge < -0.3 is 5.32 Å². The van der Waals surface area contributed by atoms with Gasteiger partial charge in [0, 0.05) is 43.9 Å². The van der Waals surface area contributed by atoms with Crippen LogP contribution in [0.15, 0.2) is 29.0 Å². The highest BCUT2D eigenvalue weighted by Gasteiger charge is 2.29. The van der Waals surface area contributed by atoms with Gasteiger partial charge in [-0.1, -0.05) is 0 Å². The summed E-state index contributed by atoms with van der Waals surface area (Å²) in [7, 11) is 0. The van der Waals surface area contributed by atoms with Gasteiger partial charge in [0.25, 0.3) is 0 Å². The number of nitrogens with one attached hydrogen (secondary N) is 1. The van der Waals surface area contributed by atoms with Crippen LogP contribution in [-0.2, 0) is 0 Å². The molecule has 2 aromatic rings. The van der Waals surface area contributed by atoms with Crippen LogP contribution in [0.3, 0.4) is 0 Å². The van der Waals surface area contributed by atoms with E-state index in [0.717, 1.165) is 30.8 Å². The van der Waals surface area contributed by atoms with Crippen LogP contribution in [0, 0.1) is 17.5 Å². The first-order valence-electron chi connectivity index (χ1n) is 6.78. The van der Waals surface area contributed by atoms with E-state index in [4.69, 9.17) is 0 Å². The van der Waals surface area contributed by atoms with E-state index in [-0.39, 0.29) is 5.56 Å². The lowest BCUT2D eigenvalue weighted by atomic mass is 9.97. The van der Waals surface area contributed by atoms with Crippen LogP contribution in [0.2, 0.25) is 0 Å². The second-order valence-electron chi connectivity index (χ2n) is 5.03. The third-order valence-corrected chi connectivity index (χ3v) is 4.39. The van der Waals surface area contributed by atoms with Crippen LogP contribution < -0.4 is 5.32 Å². The second kappa shape index (κ2) is 6.17. The Labute approximate surface area is 125 Å². The predicted molar refractivity (Wildman–Crippen MR) is 76.9 cm³/mol. The van der Waals surface area contributed by atoms with Gasteiger partial charge in [0.2, 0.25) is 0 Å². The molecule has 0 radical (unpaired) electrons. The van der Waals surface area contributed by atoms with E-state index in [1.54, 1.807) is 0 Å². The molecule has 0 saturated carbocycles. The number of benzene rings is 1. The molecule has 1 atom stereocenters. The van der Waals surface area contributed by atoms with Crippen molar-refractivity contribution in [3.05, 3.63) is 57.5 Å². The van der Waals surface area contributed by atoms with Crippen LogP contribution in [0.4, 0.5) is 13.2 Å². The Bertz CT molecular complexity index is 586. The molecule has 0 amide bonds. The summed E-state index contributed by atoms with van der Waals surface area (Å²) in [5.41, 5.74) is 0.767. The Kier molecular flexibility index (Phi) is 4.28. The lowest BCUT2D eigenvalue weighted by Crippen LogP contribution is -2.45. The van der Waals surface area contributed by atoms with Crippen molar-refractivity contribution >= 4 is 11.3 Å². The van der Waals surface area contributed by atoms with E-state index in [0.29, 0.717) is 13.1 Å². The zero-order chi connectivity index (χ0) is 14.8. The molecule has 21 heavy (non-hydrogen) atoms. The second-order valence-corrected chi connectivity index (χ2v) is 5.81. The molecule has 1 aromatic heterocycles. The molecule has 2 nitrogen and oxygen atoms in total. The van der Waals surface area contributed by atoms with Gasteiger partial charge in [-0.15, -0.1) is 0 Å². The molecular weight excluding hydrogens is 297 g/mol. The number of halogens is 3. The molecule has 1 aliphatic rings. The Balaban J connectivity index is 2.07. The first-order valence-corrected chi connectivity index (χ1v) is 7.72. The van der Waals surface area contributed by atoms with Gasteiger partial charge >= 0.3 is 0 Å². The van der Waals surface area contributed by atoms with Gasteiger partial charge in [-0.25, -0.2) is 13.2 Å². The van der Waals surface area contributed by atoms with Crippen molar-refractivity contribution < 1.29 is 13.2 Å². The maximum absolute atomic E-state index is 14.2. The van der Waals surface area contributed by atoms with Crippen LogP contribution in [0.5, 0.6) is 0 Å². The molecule has 1 N–H and O–H groups in total. The van der Waals surface area contributed by atoms with Crippen molar-refractivity contribution in [3.8, 4) is 0 Å². The van der Waals surface area contributed by atoms with Crippen molar-refractivity contribution in [1.82, 2.24) is 10.2 Å². The van der Waals surface area contributed by atoms with E-state index in [9.17, 15) is 13.2 Å². The van der Waals surface area contributed by atoms with Crippen molar-refractivity contribution in [3.63, 3.8) is 0 Å². The van der Waals surface area contributed by atoms with Crippen LogP contribution in [0.25, 0.3) is 0 Å². The molecule has 2 heterocycles. The third-order valence-electron chi connectivity index (χ3n) is 3.69. The van der Waals surface area contributed by atoms with E-state index < -0.39 is 23.5 Å². The molecule has 112 valence electrons. The number of piperazine rings is 1. The van der Waals surface area contributed by atoms with Crippen LogP contribution in [-0.4, -0.2) is 31.1 Å². The van der Waals surface area contributed by atoms with E-state index >= 15 is 0 Å². The minimum absolute atomic E-state index is 0.0725. The van der Waals surface area contributed by atoms with Gasteiger partial charge in [-0.05, 0) is 22.4 Å². The fourth-order valence-electron chi connectivity index (χ4n) is 2.75. The zero-order valence-corrected chi connectivity index (χ0v) is 12.1. The van der Waals surface area contributed by atoms with Crippen molar-refractivity contribution in [2.24, 2.45) is 0 Å². The summed E-state index contributed by atoms with van der Waals surface area (Å²) in [6, 6.07) is 2.85. The molecule has 3 rings (SSSR count). The smallest absolute Gasteiger partial charge is 0.134 e. The molecule has 0 aliphatic carbocycles. The number of nitrogens with zero attached hydrogens (tertiary/aromatic N) is 1. The van der Waals surface area contributed by atoms with Gasteiger partial charge in [0.05, 0.1) is 6.04 Å². The summed E-state index contributed by atoms with van der Waals surface area (Å²) in [6.45, 7) is 2.92. The number of hydrogen-bond acceptors (Lipinski definition) is 3. The summed E-state index contributed by atoms with van der Waals surface area (Å²) in [5.74, 6) is -2.55. The molecular formula is C15H15F3N2S. The molecule has 1 fully saturated rings. The van der Waals surface area contributed by atoms with Crippen molar-refractivity contribution in [2.75, 3.05) is 26.2 Å². The summed E-state index contributed by atoms with van der Waals surface area (Å²) >= 11 is 1.48. The lowest BCUT2D eigenvalue weighted by Gasteiger charge is -2.35. The Hall–Kier alpha value is -1.37. The maximum atomic E-state index is 14.2. The highest BCUT2D eigenvalue weighted by Crippen LogP contribution is 2.34. The minimum atomic E-state index is -0.891. The summed E-state index contributed by atoms with van der Waals surface area (Å²) in [6.07, 6.45) is 0. The monoisotopic (exact) mass is 312 g/mol. The highest BCUT2D eigenvalue weighted by molar-refractivity contribution is 7.08. The van der Waals surface area contributed by atoms with Crippen LogP contribution in [0.1, 0.15) is 17.2 Å². The predicted octanol–water partition coefficient (Wildman–Crippen LogP) is 3.16. The first-order chi connectivity index (χ1) is 10.2. The molecule has 6 heteroatoms. The fraction of sp³-hybridized carbons (Fsp3) is 0.333. The van der Waals surface area contributed by atoms with E-state index in [1.807, 2.05) is 21.7 Å². The molecule has 0 spiro atoms. The molecule has 1 aliphatic heterocycles. The Morgan fingerprint density at radius 1 is 1.10 bits per heavy atom. The van der Waals surface area contributed by atoms with Crippen molar-refractivity contribution in [1.29, 1.82) is 0 Å². The Morgan fingerprint density at radius 2 is 1.76 bits per heavy atom. The first kappa shape index (κ1) is 14.6. The Morgan fingerprint density at radius 3 is 2.33 bits per heavy atom. The zero-order valence-electron chi connectivity index (χ0n) is 11.3. The van der Waals surface area contributed by atoms with Crippen LogP contribution >= 0.6 is 11.3 Å². The maximum Gasteiger partial charge on any atom is 0.134 e. The molecule has 1 saturated heterocycles. The quantitative estimate of drug-likeness (QED) is 0.936. The average Bonchev–Trinajstić information content (AvgIpc) is 2.97. The van der Waals surface area contributed by atoms with Gasteiger partial charge in [-0.3, -0.25) is 4.90 Å². The van der Waals surface area contributed by atoms with E-state index in [2.05, 4.69) is 5.32 Å². The van der Waals surface area contributed by atoms with E-state index in [1.165, 1.54) is 11.3 Å². The largest absolute Gasteiger partial charge is 0.314 e. The highest BCUT2D eigenvalue weighted by atomic mass is 32.1. The van der Waals surface area contributed by atoms with Gasteiger partial charge in [0.15, 0.2) is 0 Å². The molecule has 0 unspecified atom stereocenters. The number of thiophene rings is 1. The number of hydrogen-bond donors (Lipinski definition) is 1. The average molecular weight is 312 g/mol.